The minimum Gasteiger partial charge on any atom is -0.464 e. The van der Waals surface area contributed by atoms with Gasteiger partial charge in [0.15, 0.2) is 5.69 Å². The molecule has 3 aromatic rings. The van der Waals surface area contributed by atoms with Gasteiger partial charge in [0.2, 0.25) is 5.16 Å². The summed E-state index contributed by atoms with van der Waals surface area (Å²) < 4.78 is 9.65. The highest BCUT2D eigenvalue weighted by molar-refractivity contribution is 7.98. The van der Waals surface area contributed by atoms with Gasteiger partial charge in [0.05, 0.1) is 24.9 Å². The first kappa shape index (κ1) is 16.9. The number of hydrogen-bond acceptors (Lipinski definition) is 8. The normalized spacial score (nSPS) is 11.3. The van der Waals surface area contributed by atoms with Crippen LogP contribution in [0.3, 0.4) is 0 Å². The molecule has 130 valence electrons. The quantitative estimate of drug-likeness (QED) is 0.353. The molecule has 25 heavy (non-hydrogen) atoms. The third kappa shape index (κ3) is 3.94. The molecule has 0 unspecified atom stereocenters. The van der Waals surface area contributed by atoms with Crippen molar-refractivity contribution >= 4 is 23.9 Å². The summed E-state index contributed by atoms with van der Waals surface area (Å²) in [6, 6.07) is 3.48. The van der Waals surface area contributed by atoms with E-state index in [2.05, 4.69) is 30.2 Å². The molecule has 0 atom stereocenters. The first-order valence-electron chi connectivity index (χ1n) is 7.42. The van der Waals surface area contributed by atoms with Crippen LogP contribution in [0.15, 0.2) is 41.1 Å². The summed E-state index contributed by atoms with van der Waals surface area (Å²) >= 11 is 1.39. The van der Waals surface area contributed by atoms with E-state index in [4.69, 9.17) is 0 Å². The van der Waals surface area contributed by atoms with Gasteiger partial charge in [-0.3, -0.25) is 9.36 Å². The fourth-order valence-electron chi connectivity index (χ4n) is 2.00. The zero-order chi connectivity index (χ0) is 17.6. The molecule has 3 heterocycles. The molecule has 0 saturated heterocycles. The predicted molar refractivity (Wildman–Crippen MR) is 90.3 cm³/mol. The summed E-state index contributed by atoms with van der Waals surface area (Å²) in [4.78, 5) is 11.4. The Balaban J connectivity index is 1.66. The minimum atomic E-state index is -0.468. The van der Waals surface area contributed by atoms with Crippen LogP contribution in [0.5, 0.6) is 0 Å². The SMILES string of the molecule is CCn1nccc1/C=N/n1cnnc1SCn1ccc(C(=O)OC)n1. The van der Waals surface area contributed by atoms with Gasteiger partial charge < -0.3 is 4.74 Å². The van der Waals surface area contributed by atoms with Gasteiger partial charge in [0.25, 0.3) is 0 Å². The van der Waals surface area contributed by atoms with Gasteiger partial charge in [-0.2, -0.15) is 20.0 Å². The van der Waals surface area contributed by atoms with Crippen molar-refractivity contribution in [2.45, 2.75) is 24.5 Å². The number of rotatable bonds is 7. The van der Waals surface area contributed by atoms with Crippen molar-refractivity contribution in [3.63, 3.8) is 0 Å². The summed E-state index contributed by atoms with van der Waals surface area (Å²) in [5.41, 5.74) is 1.15. The van der Waals surface area contributed by atoms with Gasteiger partial charge in [0, 0.05) is 18.9 Å². The van der Waals surface area contributed by atoms with Crippen LogP contribution in [-0.2, 0) is 17.2 Å². The van der Waals surface area contributed by atoms with Gasteiger partial charge in [-0.15, -0.1) is 10.2 Å². The van der Waals surface area contributed by atoms with Crippen LogP contribution in [0.4, 0.5) is 0 Å². The van der Waals surface area contributed by atoms with Crippen molar-refractivity contribution in [1.82, 2.24) is 34.4 Å². The van der Waals surface area contributed by atoms with Gasteiger partial charge in [-0.25, -0.2) is 4.79 Å². The molecule has 0 aliphatic rings. The average molecular weight is 360 g/mol. The molecular weight excluding hydrogens is 344 g/mol. The van der Waals surface area contributed by atoms with Crippen molar-refractivity contribution in [3.8, 4) is 0 Å². The number of carbonyl (C=O) groups excluding carboxylic acids is 1. The van der Waals surface area contributed by atoms with E-state index >= 15 is 0 Å². The lowest BCUT2D eigenvalue weighted by Crippen LogP contribution is -2.05. The lowest BCUT2D eigenvalue weighted by molar-refractivity contribution is 0.0593. The highest BCUT2D eigenvalue weighted by atomic mass is 32.2. The summed E-state index contributed by atoms with van der Waals surface area (Å²) in [6.07, 6.45) is 6.65. The number of aromatic nitrogens is 7. The molecule has 3 aromatic heterocycles. The molecule has 3 rings (SSSR count). The Morgan fingerprint density at radius 2 is 2.32 bits per heavy atom. The number of nitrogens with zero attached hydrogens (tertiary/aromatic N) is 8. The zero-order valence-corrected chi connectivity index (χ0v) is 14.5. The van der Waals surface area contributed by atoms with Crippen LogP contribution in [0.2, 0.25) is 0 Å². The Morgan fingerprint density at radius 3 is 3.12 bits per heavy atom. The molecule has 0 saturated carbocycles. The van der Waals surface area contributed by atoms with Crippen LogP contribution >= 0.6 is 11.8 Å². The van der Waals surface area contributed by atoms with Crippen LogP contribution in [0.1, 0.15) is 23.1 Å². The molecule has 0 N–H and O–H groups in total. The number of ether oxygens (including phenoxy) is 1. The van der Waals surface area contributed by atoms with Crippen LogP contribution in [-0.4, -0.2) is 53.7 Å². The predicted octanol–water partition coefficient (Wildman–Crippen LogP) is 1.11. The molecule has 0 fully saturated rings. The van der Waals surface area contributed by atoms with E-state index in [1.165, 1.54) is 25.2 Å². The molecule has 0 bridgehead atoms. The van der Waals surface area contributed by atoms with Gasteiger partial charge in [-0.05, 0) is 19.1 Å². The summed E-state index contributed by atoms with van der Waals surface area (Å²) in [5, 5.41) is 21.2. The smallest absolute Gasteiger partial charge is 0.358 e. The largest absolute Gasteiger partial charge is 0.464 e. The van der Waals surface area contributed by atoms with E-state index in [-0.39, 0.29) is 5.69 Å². The number of esters is 1. The highest BCUT2D eigenvalue weighted by Gasteiger charge is 2.10. The van der Waals surface area contributed by atoms with Crippen molar-refractivity contribution in [2.24, 2.45) is 5.10 Å². The lowest BCUT2D eigenvalue weighted by atomic mass is 10.4. The van der Waals surface area contributed by atoms with Crippen LogP contribution < -0.4 is 0 Å². The van der Waals surface area contributed by atoms with E-state index < -0.39 is 5.97 Å². The fraction of sp³-hybridized carbons (Fsp3) is 0.286. The topological polar surface area (TPSA) is 105 Å². The Hall–Kier alpha value is -2.95. The van der Waals surface area contributed by atoms with Gasteiger partial charge in [0.1, 0.15) is 6.33 Å². The van der Waals surface area contributed by atoms with Crippen molar-refractivity contribution in [1.29, 1.82) is 0 Å². The molecule has 0 radical (unpaired) electrons. The summed E-state index contributed by atoms with van der Waals surface area (Å²) in [5.74, 6) is -0.0120. The van der Waals surface area contributed by atoms with E-state index in [1.54, 1.807) is 34.0 Å². The van der Waals surface area contributed by atoms with E-state index in [0.29, 0.717) is 11.0 Å². The molecule has 0 aliphatic heterocycles. The maximum Gasteiger partial charge on any atom is 0.358 e. The molecule has 0 amide bonds. The van der Waals surface area contributed by atoms with Gasteiger partial charge >= 0.3 is 5.97 Å². The second kappa shape index (κ2) is 7.75. The Kier molecular flexibility index (Phi) is 5.23. The number of thioether (sulfide) groups is 1. The first-order chi connectivity index (χ1) is 12.2. The molecule has 0 aliphatic carbocycles. The van der Waals surface area contributed by atoms with Gasteiger partial charge in [-0.1, -0.05) is 11.8 Å². The second-order valence-electron chi connectivity index (χ2n) is 4.78. The van der Waals surface area contributed by atoms with Crippen molar-refractivity contribution in [2.75, 3.05) is 7.11 Å². The second-order valence-corrected chi connectivity index (χ2v) is 5.69. The van der Waals surface area contributed by atoms with E-state index in [1.807, 2.05) is 17.7 Å². The molecule has 0 aromatic carbocycles. The third-order valence-corrected chi connectivity index (χ3v) is 4.15. The number of hydrogen-bond donors (Lipinski definition) is 0. The monoisotopic (exact) mass is 360 g/mol. The number of aryl methyl sites for hydroxylation is 1. The van der Waals surface area contributed by atoms with Crippen LogP contribution in [0, 0.1) is 0 Å². The fourth-order valence-corrected chi connectivity index (χ4v) is 2.73. The Bertz CT molecular complexity index is 881. The molecule has 10 nitrogen and oxygen atoms in total. The van der Waals surface area contributed by atoms with E-state index in [0.717, 1.165) is 12.2 Å². The maximum atomic E-state index is 11.4. The minimum absolute atomic E-state index is 0.260. The van der Waals surface area contributed by atoms with Crippen molar-refractivity contribution < 1.29 is 9.53 Å². The summed E-state index contributed by atoms with van der Waals surface area (Å²) in [7, 11) is 1.32. The van der Waals surface area contributed by atoms with Crippen LogP contribution in [0.25, 0.3) is 0 Å². The Labute approximate surface area is 147 Å². The number of carbonyl (C=O) groups is 1. The highest BCUT2D eigenvalue weighted by Crippen LogP contribution is 2.17. The molecule has 0 spiro atoms. The average Bonchev–Trinajstić information content (AvgIpc) is 3.37. The first-order valence-corrected chi connectivity index (χ1v) is 8.40. The molecular formula is C14H16N8O2S. The van der Waals surface area contributed by atoms with Crippen molar-refractivity contribution in [3.05, 3.63) is 42.2 Å². The number of methoxy groups -OCH3 is 1. The Morgan fingerprint density at radius 1 is 1.44 bits per heavy atom. The lowest BCUT2D eigenvalue weighted by Gasteiger charge is -2.02. The summed E-state index contributed by atoms with van der Waals surface area (Å²) in [6.45, 7) is 2.77. The zero-order valence-electron chi connectivity index (χ0n) is 13.7. The molecule has 11 heteroatoms. The maximum absolute atomic E-state index is 11.4. The standard InChI is InChI=1S/C14H16N8O2S/c1-3-21-11(4-6-16-21)8-17-22-9-15-18-14(22)25-10-20-7-5-12(19-20)13(23)24-2/h4-9H,3,10H2,1-2H3/b17-8+. The van der Waals surface area contributed by atoms with E-state index in [9.17, 15) is 4.79 Å². The third-order valence-electron chi connectivity index (χ3n) is 3.22.